The number of alkyl halides is 1. The molecule has 3 N–H and O–H groups in total. The maximum absolute atomic E-state index is 14.0. The van der Waals surface area contributed by atoms with Crippen LogP contribution in [-0.2, 0) is 6.42 Å². The van der Waals surface area contributed by atoms with Gasteiger partial charge in [0.15, 0.2) is 6.17 Å². The molecule has 6 nitrogen and oxygen atoms in total. The summed E-state index contributed by atoms with van der Waals surface area (Å²) in [5.41, 5.74) is -0.830. The summed E-state index contributed by atoms with van der Waals surface area (Å²) in [5, 5.41) is 17.0. The molecule has 0 aromatic carbocycles. The van der Waals surface area contributed by atoms with E-state index in [9.17, 15) is 19.1 Å². The van der Waals surface area contributed by atoms with Crippen LogP contribution in [0.1, 0.15) is 17.9 Å². The number of aromatic amines is 1. The lowest BCUT2D eigenvalue weighted by atomic mass is 10.1. The Hall–Kier alpha value is -1.12. The summed E-state index contributed by atoms with van der Waals surface area (Å²) in [7, 11) is 0. The molecule has 0 radical (unpaired) electrons. The van der Waals surface area contributed by atoms with Gasteiger partial charge in [-0.05, 0) is 6.42 Å². The van der Waals surface area contributed by atoms with Crippen LogP contribution in [0.5, 0.6) is 0 Å². The molecule has 0 amide bonds. The highest BCUT2D eigenvalue weighted by molar-refractivity contribution is 8.00. The Morgan fingerprint density at radius 1 is 1.53 bits per heavy atom. The summed E-state index contributed by atoms with van der Waals surface area (Å²) >= 11 is 0.985. The van der Waals surface area contributed by atoms with E-state index in [0.29, 0.717) is 12.0 Å². The van der Waals surface area contributed by atoms with Gasteiger partial charge < -0.3 is 10.2 Å². The molecule has 1 aliphatic heterocycles. The number of aliphatic hydroxyl groups is 2. The van der Waals surface area contributed by atoms with Gasteiger partial charge in [0.05, 0.1) is 11.9 Å². The molecule has 0 saturated carbocycles. The van der Waals surface area contributed by atoms with Gasteiger partial charge in [-0.1, -0.05) is 6.92 Å². The molecule has 4 atom stereocenters. The Labute approximate surface area is 112 Å². The van der Waals surface area contributed by atoms with Gasteiger partial charge in [-0.15, -0.1) is 11.8 Å². The van der Waals surface area contributed by atoms with E-state index in [0.717, 1.165) is 16.3 Å². The molecule has 0 unspecified atom stereocenters. The first-order chi connectivity index (χ1) is 8.99. The molecule has 0 spiro atoms. The fourth-order valence-corrected chi connectivity index (χ4v) is 3.40. The van der Waals surface area contributed by atoms with Gasteiger partial charge in [-0.3, -0.25) is 14.3 Å². The second-order valence-electron chi connectivity index (χ2n) is 4.36. The lowest BCUT2D eigenvalue weighted by molar-refractivity contribution is 0.0630. The number of aromatic nitrogens is 2. The summed E-state index contributed by atoms with van der Waals surface area (Å²) in [6.07, 6.45) is -1.27. The Morgan fingerprint density at radius 3 is 2.74 bits per heavy atom. The van der Waals surface area contributed by atoms with E-state index in [1.54, 1.807) is 6.92 Å². The molecule has 106 valence electrons. The maximum Gasteiger partial charge on any atom is 0.329 e. The Kier molecular flexibility index (Phi) is 4.12. The number of halogens is 1. The molecule has 1 aliphatic rings. The highest BCUT2D eigenvalue weighted by atomic mass is 32.2. The van der Waals surface area contributed by atoms with Gasteiger partial charge in [-0.2, -0.15) is 0 Å². The molecule has 19 heavy (non-hydrogen) atoms. The van der Waals surface area contributed by atoms with Crippen molar-refractivity contribution in [3.63, 3.8) is 0 Å². The number of nitrogens with zero attached hydrogens (tertiary/aromatic N) is 1. The van der Waals surface area contributed by atoms with Crippen molar-refractivity contribution in [3.05, 3.63) is 32.6 Å². The SMILES string of the molecule is CCc1cn([C@@H]2S[C@H](CO)[C@@H](O)[C@@H]2F)c(=O)[nH]c1=O. The molecule has 2 heterocycles. The van der Waals surface area contributed by atoms with Crippen LogP contribution >= 0.6 is 11.8 Å². The molecular weight excluding hydrogens is 275 g/mol. The van der Waals surface area contributed by atoms with Gasteiger partial charge in [0, 0.05) is 11.8 Å². The van der Waals surface area contributed by atoms with Gasteiger partial charge in [0.25, 0.3) is 5.56 Å². The van der Waals surface area contributed by atoms with E-state index in [1.807, 2.05) is 0 Å². The summed E-state index contributed by atoms with van der Waals surface area (Å²) in [5.74, 6) is 0. The zero-order valence-corrected chi connectivity index (χ0v) is 11.1. The number of thioether (sulfide) groups is 1. The average molecular weight is 290 g/mol. The minimum Gasteiger partial charge on any atom is -0.395 e. The first-order valence-electron chi connectivity index (χ1n) is 5.92. The number of hydrogen-bond acceptors (Lipinski definition) is 5. The largest absolute Gasteiger partial charge is 0.395 e. The van der Waals surface area contributed by atoms with Gasteiger partial charge >= 0.3 is 5.69 Å². The topological polar surface area (TPSA) is 95.3 Å². The molecule has 0 aliphatic carbocycles. The predicted molar refractivity (Wildman–Crippen MR) is 69.1 cm³/mol. The van der Waals surface area contributed by atoms with Crippen LogP contribution in [0.4, 0.5) is 4.39 Å². The van der Waals surface area contributed by atoms with E-state index < -0.39 is 34.1 Å². The number of aliphatic hydroxyl groups excluding tert-OH is 2. The minimum absolute atomic E-state index is 0.370. The summed E-state index contributed by atoms with van der Waals surface area (Å²) in [6.45, 7) is 1.38. The van der Waals surface area contributed by atoms with E-state index in [1.165, 1.54) is 6.20 Å². The number of H-pyrrole nitrogens is 1. The van der Waals surface area contributed by atoms with Crippen molar-refractivity contribution in [2.45, 2.75) is 36.2 Å². The number of nitrogens with one attached hydrogen (secondary N) is 1. The summed E-state index contributed by atoms with van der Waals surface area (Å²) < 4.78 is 15.1. The lowest BCUT2D eigenvalue weighted by Crippen LogP contribution is -2.36. The quantitative estimate of drug-likeness (QED) is 0.691. The fraction of sp³-hybridized carbons (Fsp3) is 0.636. The Bertz CT molecular complexity index is 573. The highest BCUT2D eigenvalue weighted by Gasteiger charge is 2.44. The van der Waals surface area contributed by atoms with E-state index in [-0.39, 0.29) is 6.61 Å². The van der Waals surface area contributed by atoms with Crippen LogP contribution < -0.4 is 11.2 Å². The van der Waals surface area contributed by atoms with E-state index in [2.05, 4.69) is 4.98 Å². The zero-order chi connectivity index (χ0) is 14.2. The van der Waals surface area contributed by atoms with Crippen molar-refractivity contribution in [1.29, 1.82) is 0 Å². The third-order valence-corrected chi connectivity index (χ3v) is 4.71. The smallest absolute Gasteiger partial charge is 0.329 e. The molecule has 1 aromatic rings. The number of rotatable bonds is 3. The summed E-state index contributed by atoms with van der Waals surface area (Å²) in [4.78, 5) is 25.3. The number of aryl methyl sites for hydroxylation is 1. The third kappa shape index (κ3) is 2.47. The molecule has 8 heteroatoms. The minimum atomic E-state index is -1.67. The molecule has 0 bridgehead atoms. The molecular formula is C11H15FN2O4S. The second kappa shape index (κ2) is 5.48. The van der Waals surface area contributed by atoms with Gasteiger partial charge in [0.1, 0.15) is 11.5 Å². The molecule has 2 rings (SSSR count). The van der Waals surface area contributed by atoms with Crippen molar-refractivity contribution in [2.75, 3.05) is 6.61 Å². The fourth-order valence-electron chi connectivity index (χ4n) is 2.05. The monoisotopic (exact) mass is 290 g/mol. The van der Waals surface area contributed by atoms with Crippen molar-refractivity contribution >= 4 is 11.8 Å². The third-order valence-electron chi connectivity index (χ3n) is 3.17. The normalized spacial score (nSPS) is 30.7. The van der Waals surface area contributed by atoms with Crippen molar-refractivity contribution in [2.24, 2.45) is 0 Å². The van der Waals surface area contributed by atoms with Crippen LogP contribution in [0.2, 0.25) is 0 Å². The standard InChI is InChI=1S/C11H15FN2O4S/c1-2-5-3-14(11(18)13-9(5)17)10-7(12)8(16)6(4-15)19-10/h3,6-8,10,15-16H,2,4H2,1H3,(H,13,17,18)/t6-,7+,8-,10-/m1/s1. The van der Waals surface area contributed by atoms with Crippen molar-refractivity contribution < 1.29 is 14.6 Å². The average Bonchev–Trinajstić information content (AvgIpc) is 2.67. The summed E-state index contributed by atoms with van der Waals surface area (Å²) in [6, 6.07) is 0. The van der Waals surface area contributed by atoms with Crippen molar-refractivity contribution in [1.82, 2.24) is 9.55 Å². The molecule has 1 fully saturated rings. The van der Waals surface area contributed by atoms with Gasteiger partial charge in [-0.25, -0.2) is 9.18 Å². The van der Waals surface area contributed by atoms with Gasteiger partial charge in [0.2, 0.25) is 0 Å². The Balaban J connectivity index is 2.43. The van der Waals surface area contributed by atoms with Crippen LogP contribution in [0.3, 0.4) is 0 Å². The lowest BCUT2D eigenvalue weighted by Gasteiger charge is -2.16. The van der Waals surface area contributed by atoms with Crippen LogP contribution in [0, 0.1) is 0 Å². The first-order valence-corrected chi connectivity index (χ1v) is 6.86. The van der Waals surface area contributed by atoms with E-state index in [4.69, 9.17) is 5.11 Å². The zero-order valence-electron chi connectivity index (χ0n) is 10.2. The maximum atomic E-state index is 14.0. The van der Waals surface area contributed by atoms with Crippen molar-refractivity contribution in [3.8, 4) is 0 Å². The van der Waals surface area contributed by atoms with Crippen LogP contribution in [0.25, 0.3) is 0 Å². The predicted octanol–water partition coefficient (Wildman–Crippen LogP) is -0.596. The highest BCUT2D eigenvalue weighted by Crippen LogP contribution is 2.42. The second-order valence-corrected chi connectivity index (χ2v) is 5.72. The number of hydrogen-bond donors (Lipinski definition) is 3. The Morgan fingerprint density at radius 2 is 2.21 bits per heavy atom. The first kappa shape index (κ1) is 14.3. The van der Waals surface area contributed by atoms with E-state index >= 15 is 0 Å². The molecule has 1 aromatic heterocycles. The van der Waals surface area contributed by atoms with Crippen LogP contribution in [0.15, 0.2) is 15.8 Å². The molecule has 1 saturated heterocycles. The van der Waals surface area contributed by atoms with Crippen LogP contribution in [-0.4, -0.2) is 43.9 Å².